The van der Waals surface area contributed by atoms with E-state index in [9.17, 15) is 4.79 Å². The number of pyridine rings is 1. The van der Waals surface area contributed by atoms with Gasteiger partial charge in [-0.05, 0) is 30.9 Å². The average Bonchev–Trinajstić information content (AvgIpc) is 2.45. The van der Waals surface area contributed by atoms with Crippen molar-refractivity contribution in [1.82, 2.24) is 10.3 Å². The highest BCUT2D eigenvalue weighted by Crippen LogP contribution is 2.17. The number of rotatable bonds is 7. The lowest BCUT2D eigenvalue weighted by molar-refractivity contribution is 0.0933. The number of carbonyl (C=O) groups is 1. The number of nitrogens with one attached hydrogen (secondary N) is 2. The van der Waals surface area contributed by atoms with Crippen LogP contribution in [0.5, 0.6) is 0 Å². The summed E-state index contributed by atoms with van der Waals surface area (Å²) in [5.74, 6) is 1.03. The number of carbonyl (C=O) groups excluding carboxylic acids is 1. The number of hydrogen-bond acceptors (Lipinski definition) is 3. The van der Waals surface area contributed by atoms with E-state index in [1.807, 2.05) is 13.1 Å². The summed E-state index contributed by atoms with van der Waals surface area (Å²) in [6, 6.07) is 3.94. The Bertz CT molecular complexity index is 443. The molecular weight excluding hydrogens is 250 g/mol. The Morgan fingerprint density at radius 2 is 2.00 bits per heavy atom. The van der Waals surface area contributed by atoms with Gasteiger partial charge in [-0.1, -0.05) is 34.1 Å². The molecule has 0 fully saturated rings. The van der Waals surface area contributed by atoms with Gasteiger partial charge in [0.2, 0.25) is 0 Å². The van der Waals surface area contributed by atoms with Gasteiger partial charge in [0.15, 0.2) is 0 Å². The first kappa shape index (κ1) is 16.5. The molecule has 0 bridgehead atoms. The van der Waals surface area contributed by atoms with Crippen LogP contribution < -0.4 is 10.6 Å². The van der Waals surface area contributed by atoms with Crippen molar-refractivity contribution >= 4 is 11.7 Å². The van der Waals surface area contributed by atoms with Crippen LogP contribution in [0.25, 0.3) is 0 Å². The standard InChI is InChI=1S/C16H27N3O/c1-6-8-13(7-2)18-16(20)12-9-14(11(3)4)19-15(10-12)17-5/h9-11,13H,6-8H2,1-5H3,(H,17,19)(H,18,20). The normalized spacial score (nSPS) is 12.3. The number of anilines is 1. The summed E-state index contributed by atoms with van der Waals surface area (Å²) in [4.78, 5) is 16.8. The van der Waals surface area contributed by atoms with E-state index in [0.29, 0.717) is 11.5 Å². The summed E-state index contributed by atoms with van der Waals surface area (Å²) >= 11 is 0. The molecule has 4 nitrogen and oxygen atoms in total. The van der Waals surface area contributed by atoms with Crippen LogP contribution in [0.4, 0.5) is 5.82 Å². The fourth-order valence-electron chi connectivity index (χ4n) is 2.10. The molecule has 0 saturated carbocycles. The van der Waals surface area contributed by atoms with Crippen LogP contribution in [0.3, 0.4) is 0 Å². The van der Waals surface area contributed by atoms with Crippen molar-refractivity contribution in [3.63, 3.8) is 0 Å². The number of aromatic nitrogens is 1. The maximum absolute atomic E-state index is 12.4. The van der Waals surface area contributed by atoms with Crippen LogP contribution in [0.15, 0.2) is 12.1 Å². The molecule has 0 aromatic carbocycles. The minimum absolute atomic E-state index is 0.00824. The maximum atomic E-state index is 12.4. The van der Waals surface area contributed by atoms with Crippen molar-refractivity contribution in [2.24, 2.45) is 0 Å². The van der Waals surface area contributed by atoms with Gasteiger partial charge in [0.25, 0.3) is 5.91 Å². The first-order valence-corrected chi connectivity index (χ1v) is 7.52. The second-order valence-corrected chi connectivity index (χ2v) is 5.44. The highest BCUT2D eigenvalue weighted by Gasteiger charge is 2.14. The van der Waals surface area contributed by atoms with Gasteiger partial charge in [0, 0.05) is 24.3 Å². The van der Waals surface area contributed by atoms with Gasteiger partial charge in [-0.2, -0.15) is 0 Å². The lowest BCUT2D eigenvalue weighted by Gasteiger charge is -2.17. The molecule has 4 heteroatoms. The number of nitrogens with zero attached hydrogens (tertiary/aromatic N) is 1. The summed E-state index contributed by atoms with van der Waals surface area (Å²) in [5.41, 5.74) is 1.62. The minimum Gasteiger partial charge on any atom is -0.373 e. The van der Waals surface area contributed by atoms with Gasteiger partial charge >= 0.3 is 0 Å². The molecule has 1 amide bonds. The molecule has 1 aromatic rings. The number of amides is 1. The van der Waals surface area contributed by atoms with Crippen LogP contribution >= 0.6 is 0 Å². The van der Waals surface area contributed by atoms with E-state index < -0.39 is 0 Å². The third-order valence-electron chi connectivity index (χ3n) is 3.42. The molecule has 0 aliphatic carbocycles. The Morgan fingerprint density at radius 3 is 2.50 bits per heavy atom. The summed E-state index contributed by atoms with van der Waals surface area (Å²) in [5, 5.41) is 6.13. The molecule has 1 unspecified atom stereocenters. The van der Waals surface area contributed by atoms with Crippen molar-refractivity contribution in [3.8, 4) is 0 Å². The Kier molecular flexibility index (Phi) is 6.49. The Balaban J connectivity index is 2.93. The van der Waals surface area contributed by atoms with E-state index in [0.717, 1.165) is 30.8 Å². The molecule has 0 radical (unpaired) electrons. The minimum atomic E-state index is -0.00824. The third-order valence-corrected chi connectivity index (χ3v) is 3.42. The van der Waals surface area contributed by atoms with Crippen molar-refractivity contribution in [2.45, 2.75) is 58.9 Å². The van der Waals surface area contributed by atoms with Gasteiger partial charge in [0.05, 0.1) is 0 Å². The highest BCUT2D eigenvalue weighted by atomic mass is 16.1. The van der Waals surface area contributed by atoms with E-state index in [2.05, 4.69) is 43.3 Å². The first-order valence-electron chi connectivity index (χ1n) is 7.52. The third kappa shape index (κ3) is 4.51. The molecule has 112 valence electrons. The lowest BCUT2D eigenvalue weighted by Crippen LogP contribution is -2.34. The molecule has 0 aliphatic rings. The van der Waals surface area contributed by atoms with Crippen LogP contribution in [-0.2, 0) is 0 Å². The lowest BCUT2D eigenvalue weighted by atomic mass is 10.1. The van der Waals surface area contributed by atoms with E-state index in [1.165, 1.54) is 0 Å². The fourth-order valence-corrected chi connectivity index (χ4v) is 2.10. The van der Waals surface area contributed by atoms with Gasteiger partial charge in [-0.3, -0.25) is 4.79 Å². The largest absolute Gasteiger partial charge is 0.373 e. The molecular formula is C16H27N3O. The molecule has 1 heterocycles. The predicted octanol–water partition coefficient (Wildman–Crippen LogP) is 3.56. The smallest absolute Gasteiger partial charge is 0.251 e. The zero-order valence-corrected chi connectivity index (χ0v) is 13.3. The maximum Gasteiger partial charge on any atom is 0.251 e. The van der Waals surface area contributed by atoms with Crippen LogP contribution in [0.2, 0.25) is 0 Å². The second kappa shape index (κ2) is 7.88. The molecule has 2 N–H and O–H groups in total. The van der Waals surface area contributed by atoms with E-state index in [1.54, 1.807) is 6.07 Å². The van der Waals surface area contributed by atoms with Crippen molar-refractivity contribution < 1.29 is 4.79 Å². The summed E-state index contributed by atoms with van der Waals surface area (Å²) in [6.07, 6.45) is 3.05. The van der Waals surface area contributed by atoms with Crippen LogP contribution in [0, 0.1) is 0 Å². The second-order valence-electron chi connectivity index (χ2n) is 5.44. The predicted molar refractivity (Wildman–Crippen MR) is 84.3 cm³/mol. The average molecular weight is 277 g/mol. The SMILES string of the molecule is CCCC(CC)NC(=O)c1cc(NC)nc(C(C)C)c1. The highest BCUT2D eigenvalue weighted by molar-refractivity contribution is 5.95. The van der Waals surface area contributed by atoms with E-state index in [4.69, 9.17) is 0 Å². The van der Waals surface area contributed by atoms with Gasteiger partial charge in [-0.15, -0.1) is 0 Å². The zero-order chi connectivity index (χ0) is 15.1. The molecule has 0 aliphatic heterocycles. The topological polar surface area (TPSA) is 54.0 Å². The van der Waals surface area contributed by atoms with Crippen LogP contribution in [0.1, 0.15) is 68.9 Å². The van der Waals surface area contributed by atoms with E-state index >= 15 is 0 Å². The Hall–Kier alpha value is -1.58. The summed E-state index contributed by atoms with van der Waals surface area (Å²) < 4.78 is 0. The number of hydrogen-bond donors (Lipinski definition) is 2. The monoisotopic (exact) mass is 277 g/mol. The zero-order valence-electron chi connectivity index (χ0n) is 13.3. The van der Waals surface area contributed by atoms with Gasteiger partial charge < -0.3 is 10.6 Å². The van der Waals surface area contributed by atoms with Crippen molar-refractivity contribution in [2.75, 3.05) is 12.4 Å². The molecule has 1 aromatic heterocycles. The van der Waals surface area contributed by atoms with Gasteiger partial charge in [-0.25, -0.2) is 4.98 Å². The van der Waals surface area contributed by atoms with E-state index in [-0.39, 0.29) is 11.9 Å². The van der Waals surface area contributed by atoms with Crippen molar-refractivity contribution in [3.05, 3.63) is 23.4 Å². The van der Waals surface area contributed by atoms with Crippen LogP contribution in [-0.4, -0.2) is 24.0 Å². The van der Waals surface area contributed by atoms with Crippen molar-refractivity contribution in [1.29, 1.82) is 0 Å². The molecule has 1 atom stereocenters. The quantitative estimate of drug-likeness (QED) is 0.801. The molecule has 0 saturated heterocycles. The van der Waals surface area contributed by atoms with Gasteiger partial charge in [0.1, 0.15) is 5.82 Å². The molecule has 1 rings (SSSR count). The molecule has 20 heavy (non-hydrogen) atoms. The fraction of sp³-hybridized carbons (Fsp3) is 0.625. The summed E-state index contributed by atoms with van der Waals surface area (Å²) in [7, 11) is 1.82. The molecule has 0 spiro atoms. The Labute approximate surface area is 122 Å². The first-order chi connectivity index (χ1) is 9.51. The Morgan fingerprint density at radius 1 is 1.30 bits per heavy atom. The summed E-state index contributed by atoms with van der Waals surface area (Å²) in [6.45, 7) is 8.40.